The Hall–Kier alpha value is -1.48. The summed E-state index contributed by atoms with van der Waals surface area (Å²) < 4.78 is 2.05. The lowest BCUT2D eigenvalue weighted by molar-refractivity contribution is 0.771. The molecule has 1 N–H and O–H groups in total. The molecule has 0 aliphatic rings. The van der Waals surface area contributed by atoms with Crippen LogP contribution in [0.1, 0.15) is 24.8 Å². The van der Waals surface area contributed by atoms with Gasteiger partial charge in [-0.3, -0.25) is 0 Å². The quantitative estimate of drug-likeness (QED) is 0.832. The fourth-order valence-corrected chi connectivity index (χ4v) is 1.96. The van der Waals surface area contributed by atoms with Crippen LogP contribution in [0.2, 0.25) is 0 Å². The van der Waals surface area contributed by atoms with Crippen LogP contribution in [0.15, 0.2) is 36.7 Å². The van der Waals surface area contributed by atoms with Crippen molar-refractivity contribution in [1.29, 1.82) is 0 Å². The number of nitrogens with one attached hydrogen (secondary N) is 1. The molecule has 1 unspecified atom stereocenters. The summed E-state index contributed by atoms with van der Waals surface area (Å²) in [5, 5.41) is 3.30. The summed E-state index contributed by atoms with van der Waals surface area (Å²) in [5.41, 5.74) is 2.09. The maximum atomic E-state index is 6.15. The second kappa shape index (κ2) is 5.23. The molecule has 1 aromatic heterocycles. The monoisotopic (exact) mass is 249 g/mol. The van der Waals surface area contributed by atoms with Crippen molar-refractivity contribution in [3.05, 3.63) is 42.2 Å². The van der Waals surface area contributed by atoms with Crippen LogP contribution in [0.25, 0.3) is 0 Å². The van der Waals surface area contributed by atoms with Crippen LogP contribution < -0.4 is 5.32 Å². The number of aryl methyl sites for hydroxylation is 1. The van der Waals surface area contributed by atoms with E-state index in [1.54, 1.807) is 6.20 Å². The molecule has 1 heterocycles. The van der Waals surface area contributed by atoms with E-state index in [1.165, 1.54) is 0 Å². The van der Waals surface area contributed by atoms with Gasteiger partial charge in [-0.15, -0.1) is 11.6 Å². The minimum Gasteiger partial charge on any atom is -0.325 e. The van der Waals surface area contributed by atoms with Crippen molar-refractivity contribution in [3.63, 3.8) is 0 Å². The number of nitrogens with zero attached hydrogens (tertiary/aromatic N) is 2. The van der Waals surface area contributed by atoms with E-state index in [0.717, 1.165) is 23.7 Å². The van der Waals surface area contributed by atoms with Gasteiger partial charge < -0.3 is 9.88 Å². The van der Waals surface area contributed by atoms with Gasteiger partial charge in [-0.1, -0.05) is 18.2 Å². The first-order chi connectivity index (χ1) is 8.22. The number of hydrogen-bond donors (Lipinski definition) is 1. The summed E-state index contributed by atoms with van der Waals surface area (Å²) >= 11 is 6.15. The number of para-hydroxylation sites is 1. The minimum absolute atomic E-state index is 0.0243. The first-order valence-electron chi connectivity index (χ1n) is 5.73. The van der Waals surface area contributed by atoms with Crippen molar-refractivity contribution in [3.8, 4) is 0 Å². The van der Waals surface area contributed by atoms with E-state index in [9.17, 15) is 0 Å². The molecule has 0 saturated carbocycles. The Morgan fingerprint density at radius 2 is 2.18 bits per heavy atom. The predicted molar refractivity (Wildman–Crippen MR) is 71.9 cm³/mol. The molecule has 4 heteroatoms. The molecular weight excluding hydrogens is 234 g/mol. The standard InChI is InChI=1S/C13H16ClN3/c1-3-17-9-8-15-13(17)16-12-7-5-4-6-11(12)10(2)14/h4-10H,3H2,1-2H3,(H,15,16). The molecule has 1 aromatic carbocycles. The summed E-state index contributed by atoms with van der Waals surface area (Å²) in [6.45, 7) is 4.94. The maximum absolute atomic E-state index is 6.15. The van der Waals surface area contributed by atoms with E-state index < -0.39 is 0 Å². The van der Waals surface area contributed by atoms with Gasteiger partial charge in [0.2, 0.25) is 5.95 Å². The van der Waals surface area contributed by atoms with E-state index in [0.29, 0.717) is 0 Å². The van der Waals surface area contributed by atoms with Crippen molar-refractivity contribution < 1.29 is 0 Å². The molecule has 0 aliphatic heterocycles. The number of halogens is 1. The molecule has 0 fully saturated rings. The van der Waals surface area contributed by atoms with Crippen molar-refractivity contribution in [2.45, 2.75) is 25.8 Å². The van der Waals surface area contributed by atoms with Crippen LogP contribution in [-0.4, -0.2) is 9.55 Å². The molecule has 0 aliphatic carbocycles. The van der Waals surface area contributed by atoms with Crippen molar-refractivity contribution >= 4 is 23.2 Å². The molecule has 0 amide bonds. The summed E-state index contributed by atoms with van der Waals surface area (Å²) in [5.74, 6) is 0.845. The number of imidazole rings is 1. The smallest absolute Gasteiger partial charge is 0.207 e. The van der Waals surface area contributed by atoms with Gasteiger partial charge in [0.15, 0.2) is 0 Å². The highest BCUT2D eigenvalue weighted by molar-refractivity contribution is 6.21. The molecule has 90 valence electrons. The Kier molecular flexibility index (Phi) is 3.69. The lowest BCUT2D eigenvalue weighted by atomic mass is 10.1. The number of alkyl halides is 1. The van der Waals surface area contributed by atoms with Gasteiger partial charge in [0.05, 0.1) is 5.38 Å². The lowest BCUT2D eigenvalue weighted by Crippen LogP contribution is -2.03. The minimum atomic E-state index is -0.0243. The third-order valence-corrected chi connectivity index (χ3v) is 2.93. The highest BCUT2D eigenvalue weighted by Crippen LogP contribution is 2.28. The zero-order valence-electron chi connectivity index (χ0n) is 10.0. The average Bonchev–Trinajstić information content (AvgIpc) is 2.77. The van der Waals surface area contributed by atoms with Gasteiger partial charge in [-0.25, -0.2) is 4.98 Å². The zero-order chi connectivity index (χ0) is 12.3. The van der Waals surface area contributed by atoms with Crippen LogP contribution >= 0.6 is 11.6 Å². The van der Waals surface area contributed by atoms with Crippen molar-refractivity contribution in [2.75, 3.05) is 5.32 Å². The van der Waals surface area contributed by atoms with Gasteiger partial charge in [0, 0.05) is 24.6 Å². The summed E-state index contributed by atoms with van der Waals surface area (Å²) in [4.78, 5) is 4.29. The molecule has 0 radical (unpaired) electrons. The Morgan fingerprint density at radius 3 is 2.88 bits per heavy atom. The topological polar surface area (TPSA) is 29.9 Å². The molecule has 2 rings (SSSR count). The Balaban J connectivity index is 2.30. The van der Waals surface area contributed by atoms with Crippen molar-refractivity contribution in [2.24, 2.45) is 0 Å². The normalized spacial score (nSPS) is 12.4. The number of hydrogen-bond acceptors (Lipinski definition) is 2. The maximum Gasteiger partial charge on any atom is 0.207 e. The van der Waals surface area contributed by atoms with Gasteiger partial charge in [0.25, 0.3) is 0 Å². The van der Waals surface area contributed by atoms with Crippen LogP contribution in [0, 0.1) is 0 Å². The van der Waals surface area contributed by atoms with E-state index in [1.807, 2.05) is 37.4 Å². The molecule has 17 heavy (non-hydrogen) atoms. The third-order valence-electron chi connectivity index (χ3n) is 2.69. The van der Waals surface area contributed by atoms with Crippen LogP contribution in [-0.2, 0) is 6.54 Å². The average molecular weight is 250 g/mol. The van der Waals surface area contributed by atoms with E-state index in [-0.39, 0.29) is 5.38 Å². The van der Waals surface area contributed by atoms with Gasteiger partial charge in [0.1, 0.15) is 0 Å². The fraction of sp³-hybridized carbons (Fsp3) is 0.308. The highest BCUT2D eigenvalue weighted by atomic mass is 35.5. The number of benzene rings is 1. The molecule has 3 nitrogen and oxygen atoms in total. The fourth-order valence-electron chi connectivity index (χ4n) is 1.77. The lowest BCUT2D eigenvalue weighted by Gasteiger charge is -2.13. The largest absolute Gasteiger partial charge is 0.325 e. The summed E-state index contributed by atoms with van der Waals surface area (Å²) in [6, 6.07) is 8.03. The first-order valence-corrected chi connectivity index (χ1v) is 6.17. The Morgan fingerprint density at radius 1 is 1.41 bits per heavy atom. The van der Waals surface area contributed by atoms with Gasteiger partial charge in [-0.2, -0.15) is 0 Å². The van der Waals surface area contributed by atoms with Crippen LogP contribution in [0.3, 0.4) is 0 Å². The second-order valence-corrected chi connectivity index (χ2v) is 4.52. The third kappa shape index (κ3) is 2.61. The molecule has 1 atom stereocenters. The zero-order valence-corrected chi connectivity index (χ0v) is 10.8. The number of aromatic nitrogens is 2. The molecule has 2 aromatic rings. The summed E-state index contributed by atoms with van der Waals surface area (Å²) in [7, 11) is 0. The van der Waals surface area contributed by atoms with E-state index >= 15 is 0 Å². The SMILES string of the molecule is CCn1ccnc1Nc1ccccc1C(C)Cl. The molecule has 0 spiro atoms. The predicted octanol–water partition coefficient (Wildman–Crippen LogP) is 3.95. The molecule has 0 saturated heterocycles. The number of rotatable bonds is 4. The van der Waals surface area contributed by atoms with Crippen LogP contribution in [0.5, 0.6) is 0 Å². The Bertz CT molecular complexity index is 491. The van der Waals surface area contributed by atoms with Gasteiger partial charge >= 0.3 is 0 Å². The Labute approximate surface area is 106 Å². The van der Waals surface area contributed by atoms with Gasteiger partial charge in [-0.05, 0) is 25.5 Å². The number of anilines is 2. The van der Waals surface area contributed by atoms with Crippen molar-refractivity contribution in [1.82, 2.24) is 9.55 Å². The van der Waals surface area contributed by atoms with E-state index in [4.69, 9.17) is 11.6 Å². The first kappa shape index (κ1) is 12.0. The van der Waals surface area contributed by atoms with E-state index in [2.05, 4.69) is 21.8 Å². The van der Waals surface area contributed by atoms with Crippen LogP contribution in [0.4, 0.5) is 11.6 Å². The molecular formula is C13H16ClN3. The molecule has 0 bridgehead atoms. The highest BCUT2D eigenvalue weighted by Gasteiger charge is 2.09. The summed E-state index contributed by atoms with van der Waals surface area (Å²) in [6.07, 6.45) is 3.74. The second-order valence-electron chi connectivity index (χ2n) is 3.87.